The third-order valence-corrected chi connectivity index (χ3v) is 24.6. The van der Waals surface area contributed by atoms with Gasteiger partial charge >= 0.3 is 47.5 Å². The van der Waals surface area contributed by atoms with Gasteiger partial charge in [0, 0.05) is 98.6 Å². The van der Waals surface area contributed by atoms with Crippen LogP contribution >= 0.6 is 15.9 Å². The number of aryl methyl sites for hydroxylation is 2. The van der Waals surface area contributed by atoms with Crippen molar-refractivity contribution in [2.75, 3.05) is 136 Å². The van der Waals surface area contributed by atoms with Gasteiger partial charge in [0.15, 0.2) is 0 Å². The van der Waals surface area contributed by atoms with E-state index in [1.165, 1.54) is 56.7 Å². The van der Waals surface area contributed by atoms with Gasteiger partial charge in [0.25, 0.3) is 23.6 Å². The number of hydrogen-bond donors (Lipinski definition) is 6. The van der Waals surface area contributed by atoms with Crippen molar-refractivity contribution in [2.45, 2.75) is 131 Å². The number of phenolic OH excluding ortho intramolecular Hbond substituents is 2. The summed E-state index contributed by atoms with van der Waals surface area (Å²) in [6.07, 6.45) is 7.48. The molecule has 0 radical (unpaired) electrons. The normalized spacial score (nSPS) is 13.1. The number of amides is 4. The number of esters is 3. The van der Waals surface area contributed by atoms with E-state index in [4.69, 9.17) is 14.2 Å². The first-order valence-electron chi connectivity index (χ1n) is 47.6. The molecule has 0 spiro atoms. The van der Waals surface area contributed by atoms with Crippen LogP contribution in [0.3, 0.4) is 0 Å². The Balaban J connectivity index is 0.000000180. The Labute approximate surface area is 859 Å². The Bertz CT molecular complexity index is 6150. The number of carbonyl (C=O) groups excluding carboxylic acids is 8. The van der Waals surface area contributed by atoms with Crippen LogP contribution in [0, 0.1) is 13.8 Å². The van der Waals surface area contributed by atoms with Crippen LogP contribution in [0.15, 0.2) is 271 Å². The van der Waals surface area contributed by atoms with Crippen molar-refractivity contribution >= 4 is 103 Å². The van der Waals surface area contributed by atoms with Crippen molar-refractivity contribution in [3.8, 4) is 56.0 Å². The first-order chi connectivity index (χ1) is 66.8. The van der Waals surface area contributed by atoms with E-state index >= 15 is 0 Å². The van der Waals surface area contributed by atoms with Crippen molar-refractivity contribution in [3.63, 3.8) is 0 Å². The molecule has 0 aromatic heterocycles. The number of aromatic carboxylic acids is 1. The number of halogens is 1. The molecular weight excluding hydrogens is 1850 g/mol. The summed E-state index contributed by atoms with van der Waals surface area (Å²) < 4.78 is 17.6. The van der Waals surface area contributed by atoms with Gasteiger partial charge in [0.2, 0.25) is 0 Å². The number of benzene rings is 12. The van der Waals surface area contributed by atoms with Crippen molar-refractivity contribution in [3.05, 3.63) is 327 Å². The zero-order valence-electron chi connectivity index (χ0n) is 83.5. The molecular formula is C115H128BrN10NaO14. The average molecular weight is 1980 g/mol. The molecule has 12 aromatic rings. The van der Waals surface area contributed by atoms with Gasteiger partial charge in [0.05, 0.1) is 56.5 Å². The molecule has 3 aliphatic rings. The van der Waals surface area contributed by atoms with E-state index in [1.807, 2.05) is 244 Å². The minimum Gasteiger partial charge on any atom is -0.545 e. The van der Waals surface area contributed by atoms with E-state index in [2.05, 4.69) is 74.8 Å². The molecule has 730 valence electrons. The number of nitrogens with zero attached hydrogens (tertiary/aromatic N) is 6. The molecule has 3 saturated heterocycles. The Morgan fingerprint density at radius 3 is 0.851 bits per heavy atom. The van der Waals surface area contributed by atoms with Gasteiger partial charge in [-0.15, -0.1) is 0 Å². The van der Waals surface area contributed by atoms with Crippen LogP contribution in [0.1, 0.15) is 195 Å². The summed E-state index contributed by atoms with van der Waals surface area (Å²) in [4.78, 5) is 117. The molecule has 6 N–H and O–H groups in total. The summed E-state index contributed by atoms with van der Waals surface area (Å²) in [6.45, 7) is 32.3. The number of nitrogens with one attached hydrogen (secondary N) is 4. The average Bonchev–Trinajstić information content (AvgIpc) is 1.72. The van der Waals surface area contributed by atoms with Crippen molar-refractivity contribution in [1.29, 1.82) is 0 Å². The number of likely N-dealkylation sites (tertiary alicyclic amines) is 3. The van der Waals surface area contributed by atoms with Crippen LogP contribution in [0.4, 0.5) is 39.8 Å². The van der Waals surface area contributed by atoms with Gasteiger partial charge in [-0.2, -0.15) is 0 Å². The van der Waals surface area contributed by atoms with Crippen LogP contribution in [0.25, 0.3) is 44.5 Å². The number of phenols is 2. The van der Waals surface area contributed by atoms with Crippen molar-refractivity contribution in [1.82, 2.24) is 14.7 Å². The minimum absolute atomic E-state index is 0. The van der Waals surface area contributed by atoms with Crippen LogP contribution < -0.4 is 70.6 Å². The molecule has 0 atom stereocenters. The molecule has 15 rings (SSSR count). The van der Waals surface area contributed by atoms with Crippen LogP contribution in [-0.2, 0) is 14.2 Å². The molecule has 24 nitrogen and oxygen atoms in total. The smallest absolute Gasteiger partial charge is 0.545 e. The summed E-state index contributed by atoms with van der Waals surface area (Å²) in [6, 6.07) is 80.9. The second-order valence-corrected chi connectivity index (χ2v) is 39.3. The summed E-state index contributed by atoms with van der Waals surface area (Å²) >= 11 is 3.41. The van der Waals surface area contributed by atoms with Crippen molar-refractivity contribution < 1.29 is 97.4 Å². The minimum atomic E-state index is -1.39. The van der Waals surface area contributed by atoms with Gasteiger partial charge in [-0.3, -0.25) is 19.2 Å². The number of hydrogen-bond acceptors (Lipinski definition) is 20. The quantitative estimate of drug-likeness (QED) is 0.0151. The summed E-state index contributed by atoms with van der Waals surface area (Å²) in [5, 5.41) is 44.0. The molecule has 3 fully saturated rings. The van der Waals surface area contributed by atoms with Gasteiger partial charge in [-0.1, -0.05) is 180 Å². The Kier molecular flexibility index (Phi) is 38.5. The van der Waals surface area contributed by atoms with Gasteiger partial charge < -0.3 is 85.0 Å². The van der Waals surface area contributed by atoms with Crippen molar-refractivity contribution in [2.24, 2.45) is 0 Å². The fraction of sp³-hybridized carbons (Fsp3) is 0.304. The third-order valence-electron chi connectivity index (χ3n) is 24.1. The standard InChI is InChI=1S/C32H39N3O3.C31H37N3O4.C27H29N3O4.C25H24BrNO3.Na/c1-23-13-15-26(34(5)19-20-35-17-9-10-18-35)22-28(23)30(36)33-29-21-25(24-11-7-6-8-12-24)14-16-27(29)31(37)38-32(2,3)4;1-31(2,3)38-30(37)25-14-12-23(22-10-6-5-7-11-22)20-27(25)32-29(36)26-21-24(13-15-28(26)35)33(4)18-19-34-16-8-9-17-34;1-29(15-16-30-13-5-6-14-30)21-10-12-25(31)23(18-21)26(32)28-24-17-20(9-11-22(24)27(33)34)19-7-3-2-4-8-19;1-16-10-12-19(26)15-21(16)23(28)27-22-14-18(17-8-6-5-7-9-17)11-13-20(22)24(29)30-25(2,3)4;/h6-8,11-16,21-22H,9-10,17-20H2,1-5H3,(H,33,36);5-7,10-15,20-21,35H,8-9,16-19H2,1-4H3,(H,32,36);2-4,7-12,17-18,31H,5-6,13-16H2,1H3,(H,28,32)(H,33,34);5-15H,1-4H3,(H,27,28);/q;;;;+1/p-1. The number of ether oxygens (including phenoxy) is 3. The topological polar surface area (TPSA) is 295 Å². The number of carbonyl (C=O) groups is 8. The fourth-order valence-corrected chi connectivity index (χ4v) is 16.8. The first-order valence-corrected chi connectivity index (χ1v) is 48.3. The molecule has 0 aliphatic carbocycles. The summed E-state index contributed by atoms with van der Waals surface area (Å²) in [5.41, 5.74) is 12.9. The summed E-state index contributed by atoms with van der Waals surface area (Å²) in [5.74, 6) is -4.84. The van der Waals surface area contributed by atoms with E-state index in [9.17, 15) is 53.7 Å². The predicted octanol–water partition coefficient (Wildman–Crippen LogP) is 19.0. The van der Waals surface area contributed by atoms with Gasteiger partial charge in [0.1, 0.15) is 28.3 Å². The maximum Gasteiger partial charge on any atom is 1.00 e. The monoisotopic (exact) mass is 1970 g/mol. The van der Waals surface area contributed by atoms with Crippen LogP contribution in [-0.4, -0.2) is 189 Å². The SMILES string of the molecule is CN(CCN1CCCC1)c1ccc(O)c(C(=O)Nc2cc(-c3ccccc3)ccc2C(=O)OC(C)(C)C)c1.CN(CCN1CCCC1)c1ccc(O)c(C(=O)Nc2cc(-c3ccccc3)ccc2C(=O)[O-])c1.Cc1ccc(Br)cc1C(=O)Nc1cc(-c2ccccc2)ccc1C(=O)OC(C)(C)C.Cc1ccc(N(C)CCN2CCCC2)cc1C(=O)Nc1cc(-c2ccccc2)ccc1C(=O)OC(C)(C)C.[Na+]. The largest absolute Gasteiger partial charge is 1.00 e. The molecule has 141 heavy (non-hydrogen) atoms. The second kappa shape index (κ2) is 50.2. The van der Waals surface area contributed by atoms with E-state index in [-0.39, 0.29) is 80.8 Å². The maximum absolute atomic E-state index is 13.6. The fourth-order valence-electron chi connectivity index (χ4n) is 16.4. The molecule has 0 saturated carbocycles. The number of carboxylic acids is 1. The second-order valence-electron chi connectivity index (χ2n) is 38.4. The number of aromatic hydroxyl groups is 2. The molecule has 3 aliphatic heterocycles. The van der Waals surface area contributed by atoms with E-state index in [1.54, 1.807) is 93.6 Å². The Hall–Kier alpha value is -13.2. The van der Waals surface area contributed by atoms with E-state index in [0.717, 1.165) is 156 Å². The summed E-state index contributed by atoms with van der Waals surface area (Å²) in [7, 11) is 5.99. The number of carboxylic acid groups (broad SMARTS) is 1. The first kappa shape index (κ1) is 108. The van der Waals surface area contributed by atoms with Gasteiger partial charge in [-0.05, 0) is 313 Å². The number of likely N-dealkylation sites (N-methyl/N-ethyl adjacent to an activating group) is 3. The molecule has 3 heterocycles. The molecule has 0 unspecified atom stereocenters. The maximum atomic E-state index is 13.6. The zero-order valence-corrected chi connectivity index (χ0v) is 87.1. The third kappa shape index (κ3) is 31.6. The number of anilines is 7. The Morgan fingerprint density at radius 2 is 0.567 bits per heavy atom. The molecule has 12 aromatic carbocycles. The zero-order chi connectivity index (χ0) is 101. The molecule has 4 amide bonds. The van der Waals surface area contributed by atoms with E-state index in [0.29, 0.717) is 39.3 Å². The van der Waals surface area contributed by atoms with Crippen LogP contribution in [0.5, 0.6) is 11.5 Å². The van der Waals surface area contributed by atoms with E-state index < -0.39 is 52.5 Å². The Morgan fingerprint density at radius 1 is 0.319 bits per heavy atom. The molecule has 26 heteroatoms. The van der Waals surface area contributed by atoms with Crippen LogP contribution in [0.2, 0.25) is 0 Å². The molecule has 0 bridgehead atoms. The number of rotatable bonds is 28. The van der Waals surface area contributed by atoms with Gasteiger partial charge in [-0.25, -0.2) is 14.4 Å². The predicted molar refractivity (Wildman–Crippen MR) is 562 cm³/mol.